The van der Waals surface area contributed by atoms with Crippen molar-refractivity contribution in [1.29, 1.82) is 0 Å². The van der Waals surface area contributed by atoms with E-state index in [1.807, 2.05) is 85.1 Å². The lowest BCUT2D eigenvalue weighted by Gasteiger charge is -2.23. The van der Waals surface area contributed by atoms with Gasteiger partial charge < -0.3 is 30.8 Å². The number of aromatic nitrogens is 3. The summed E-state index contributed by atoms with van der Waals surface area (Å²) >= 11 is 0. The number of halogens is 2. The number of rotatable bonds is 10. The van der Waals surface area contributed by atoms with E-state index in [-0.39, 0.29) is 43.0 Å². The van der Waals surface area contributed by atoms with Gasteiger partial charge in [0, 0.05) is 43.8 Å². The summed E-state index contributed by atoms with van der Waals surface area (Å²) in [5.41, 5.74) is 9.53. The van der Waals surface area contributed by atoms with E-state index >= 15 is 0 Å². The van der Waals surface area contributed by atoms with Crippen LogP contribution in [0.5, 0.6) is 0 Å². The number of fused-ring (bicyclic) bond motifs is 1. The van der Waals surface area contributed by atoms with Gasteiger partial charge in [-0.2, -0.15) is 0 Å². The monoisotopic (exact) mass is 663 g/mol. The van der Waals surface area contributed by atoms with Crippen LogP contribution in [0.1, 0.15) is 31.0 Å². The van der Waals surface area contributed by atoms with Gasteiger partial charge in [0.05, 0.1) is 11.9 Å². The van der Waals surface area contributed by atoms with Crippen molar-refractivity contribution in [2.45, 2.75) is 37.9 Å². The summed E-state index contributed by atoms with van der Waals surface area (Å²) in [6.07, 6.45) is 5.20. The quantitative estimate of drug-likeness (QED) is 0.167. The molecule has 0 spiro atoms. The highest BCUT2D eigenvalue weighted by molar-refractivity contribution is 5.98. The molecular weight excluding hydrogens is 625 g/mol. The first-order valence-electron chi connectivity index (χ1n) is 14.4. The Hall–Kier alpha value is -4.64. The number of carbonyl (C=O) groups is 3. The van der Waals surface area contributed by atoms with Gasteiger partial charge >= 0.3 is 0 Å². The SMILES string of the molecule is CN(C)C(=O)C(c1ccc(-c2ccccc2)cc1)n1cnc(NC(=O)[C@@H](Cc2c[nH]c3ccccc23)NC(=O)C(C)(C)N)c1.Cl.Cl. The van der Waals surface area contributed by atoms with Crippen molar-refractivity contribution in [2.24, 2.45) is 5.73 Å². The zero-order valence-electron chi connectivity index (χ0n) is 26.1. The van der Waals surface area contributed by atoms with Crippen LogP contribution in [0.15, 0.2) is 97.6 Å². The van der Waals surface area contributed by atoms with Crippen LogP contribution in [0, 0.1) is 0 Å². The van der Waals surface area contributed by atoms with Gasteiger partial charge in [0.15, 0.2) is 5.82 Å². The van der Waals surface area contributed by atoms with E-state index in [1.54, 1.807) is 38.7 Å². The fourth-order valence-electron chi connectivity index (χ4n) is 5.01. The molecule has 5 rings (SSSR count). The molecule has 46 heavy (non-hydrogen) atoms. The van der Waals surface area contributed by atoms with Gasteiger partial charge in [0.2, 0.25) is 17.7 Å². The van der Waals surface area contributed by atoms with E-state index in [0.717, 1.165) is 33.2 Å². The number of para-hydroxylation sites is 1. The standard InChI is InChI=1S/C34H37N7O3.2ClH/c1-34(2,35)33(44)38-28(18-25-19-36-27-13-9-8-12-26(25)27)31(42)39-29-20-41(21-37-29)30(32(43)40(3)4)24-16-14-23(15-17-24)22-10-6-5-7-11-22;;/h5-17,19-21,28,30,36H,18,35H2,1-4H3,(H,38,44)(H,39,42);2*1H/t28-,30?;;/m1../s1. The van der Waals surface area contributed by atoms with Crippen LogP contribution in [0.4, 0.5) is 5.82 Å². The molecule has 12 heteroatoms. The van der Waals surface area contributed by atoms with Gasteiger partial charge in [0.25, 0.3) is 0 Å². The van der Waals surface area contributed by atoms with Crippen LogP contribution in [-0.4, -0.2) is 62.8 Å². The lowest BCUT2D eigenvalue weighted by Crippen LogP contribution is -2.55. The van der Waals surface area contributed by atoms with E-state index in [0.29, 0.717) is 0 Å². The van der Waals surface area contributed by atoms with Gasteiger partial charge in [-0.15, -0.1) is 24.8 Å². The maximum atomic E-state index is 13.6. The van der Waals surface area contributed by atoms with Crippen LogP contribution in [0.25, 0.3) is 22.0 Å². The second-order valence-electron chi connectivity index (χ2n) is 11.6. The summed E-state index contributed by atoms with van der Waals surface area (Å²) in [6, 6.07) is 23.9. The number of hydrogen-bond donors (Lipinski definition) is 4. The van der Waals surface area contributed by atoms with Crippen molar-refractivity contribution in [3.63, 3.8) is 0 Å². The van der Waals surface area contributed by atoms with Crippen molar-refractivity contribution in [2.75, 3.05) is 19.4 Å². The van der Waals surface area contributed by atoms with Gasteiger partial charge in [-0.25, -0.2) is 4.98 Å². The lowest BCUT2D eigenvalue weighted by atomic mass is 10.00. The number of carbonyl (C=O) groups excluding carboxylic acids is 3. The molecule has 0 saturated heterocycles. The van der Waals surface area contributed by atoms with E-state index in [9.17, 15) is 14.4 Å². The molecule has 0 saturated carbocycles. The Balaban J connectivity index is 0.00000288. The van der Waals surface area contributed by atoms with Crippen molar-refractivity contribution >= 4 is 59.3 Å². The summed E-state index contributed by atoms with van der Waals surface area (Å²) < 4.78 is 1.67. The molecule has 5 N–H and O–H groups in total. The average Bonchev–Trinajstić information content (AvgIpc) is 3.64. The number of nitrogens with two attached hydrogens (primary N) is 1. The smallest absolute Gasteiger partial charge is 0.249 e. The van der Waals surface area contributed by atoms with Crippen molar-refractivity contribution in [3.8, 4) is 11.1 Å². The Morgan fingerprint density at radius 3 is 2.22 bits per heavy atom. The van der Waals surface area contributed by atoms with Crippen molar-refractivity contribution in [3.05, 3.63) is 109 Å². The maximum absolute atomic E-state index is 13.6. The molecule has 0 fully saturated rings. The number of anilines is 1. The summed E-state index contributed by atoms with van der Waals surface area (Å²) in [6.45, 7) is 3.16. The molecule has 0 aliphatic rings. The average molecular weight is 665 g/mol. The molecule has 242 valence electrons. The third-order valence-corrected chi connectivity index (χ3v) is 7.47. The summed E-state index contributed by atoms with van der Waals surface area (Å²) in [7, 11) is 3.40. The zero-order valence-corrected chi connectivity index (χ0v) is 27.7. The number of H-pyrrole nitrogens is 1. The molecule has 2 aromatic heterocycles. The molecule has 0 bridgehead atoms. The second-order valence-corrected chi connectivity index (χ2v) is 11.6. The fourth-order valence-corrected chi connectivity index (χ4v) is 5.01. The third kappa shape index (κ3) is 8.14. The van der Waals surface area contributed by atoms with Crippen LogP contribution in [0.2, 0.25) is 0 Å². The number of aromatic amines is 1. The number of imidazole rings is 1. The molecule has 1 unspecified atom stereocenters. The topological polar surface area (TPSA) is 138 Å². The summed E-state index contributed by atoms with van der Waals surface area (Å²) in [4.78, 5) is 48.9. The minimum absolute atomic E-state index is 0. The number of hydrogen-bond acceptors (Lipinski definition) is 5. The minimum Gasteiger partial charge on any atom is -0.361 e. The first kappa shape index (κ1) is 35.8. The summed E-state index contributed by atoms with van der Waals surface area (Å²) in [5.74, 6) is -0.820. The van der Waals surface area contributed by atoms with Gasteiger partial charge in [-0.1, -0.05) is 72.8 Å². The zero-order chi connectivity index (χ0) is 31.4. The molecular formula is C34H39Cl2N7O3. The lowest BCUT2D eigenvalue weighted by molar-refractivity contribution is -0.131. The Morgan fingerprint density at radius 1 is 0.935 bits per heavy atom. The van der Waals surface area contributed by atoms with Crippen LogP contribution < -0.4 is 16.4 Å². The molecule has 2 heterocycles. The molecule has 0 aliphatic carbocycles. The van der Waals surface area contributed by atoms with Gasteiger partial charge in [0.1, 0.15) is 12.1 Å². The highest BCUT2D eigenvalue weighted by Crippen LogP contribution is 2.26. The van der Waals surface area contributed by atoms with Crippen LogP contribution in [0.3, 0.4) is 0 Å². The predicted molar refractivity (Wildman–Crippen MR) is 186 cm³/mol. The Bertz CT molecular complexity index is 1780. The number of likely N-dealkylation sites (N-methyl/N-ethyl adjacent to an activating group) is 1. The normalized spacial score (nSPS) is 12.3. The predicted octanol–water partition coefficient (Wildman–Crippen LogP) is 4.96. The molecule has 10 nitrogen and oxygen atoms in total. The largest absolute Gasteiger partial charge is 0.361 e. The van der Waals surface area contributed by atoms with E-state index < -0.39 is 29.4 Å². The number of amides is 3. The Kier molecular flexibility index (Phi) is 11.8. The van der Waals surface area contributed by atoms with Gasteiger partial charge in [-0.05, 0) is 42.2 Å². The number of nitrogens with zero attached hydrogens (tertiary/aromatic N) is 3. The first-order valence-corrected chi connectivity index (χ1v) is 14.4. The van der Waals surface area contributed by atoms with Crippen molar-refractivity contribution in [1.82, 2.24) is 24.8 Å². The first-order chi connectivity index (χ1) is 21.0. The highest BCUT2D eigenvalue weighted by atomic mass is 35.5. The molecule has 0 aliphatic heterocycles. The molecule has 0 radical (unpaired) electrons. The number of nitrogens with one attached hydrogen (secondary N) is 3. The molecule has 3 aromatic carbocycles. The van der Waals surface area contributed by atoms with Crippen LogP contribution >= 0.6 is 24.8 Å². The fraction of sp³-hybridized carbons (Fsp3) is 0.235. The third-order valence-electron chi connectivity index (χ3n) is 7.47. The molecule has 3 amide bonds. The minimum atomic E-state index is -1.18. The van der Waals surface area contributed by atoms with Gasteiger partial charge in [-0.3, -0.25) is 14.4 Å². The van der Waals surface area contributed by atoms with E-state index in [1.165, 1.54) is 11.2 Å². The van der Waals surface area contributed by atoms with Crippen LogP contribution in [-0.2, 0) is 20.8 Å². The summed E-state index contributed by atoms with van der Waals surface area (Å²) in [5, 5.41) is 6.58. The van der Waals surface area contributed by atoms with E-state index in [2.05, 4.69) is 20.6 Å². The van der Waals surface area contributed by atoms with E-state index in [4.69, 9.17) is 5.73 Å². The molecule has 2 atom stereocenters. The number of benzene rings is 3. The Morgan fingerprint density at radius 2 is 1.57 bits per heavy atom. The maximum Gasteiger partial charge on any atom is 0.249 e. The highest BCUT2D eigenvalue weighted by Gasteiger charge is 2.30. The second kappa shape index (κ2) is 15.1. The molecule has 5 aromatic rings. The Labute approximate surface area is 280 Å². The van der Waals surface area contributed by atoms with Crippen molar-refractivity contribution < 1.29 is 14.4 Å².